The number of esters is 1. The molecule has 0 saturated heterocycles. The van der Waals surface area contributed by atoms with Crippen molar-refractivity contribution in [3.05, 3.63) is 29.8 Å². The molecule has 0 atom stereocenters. The third-order valence-electron chi connectivity index (χ3n) is 2.20. The topological polar surface area (TPSA) is 35.5 Å². The Labute approximate surface area is 110 Å². The maximum absolute atomic E-state index is 11.1. The van der Waals surface area contributed by atoms with E-state index in [0.717, 1.165) is 16.6 Å². The molecule has 0 unspecified atom stereocenters. The lowest BCUT2D eigenvalue weighted by Crippen LogP contribution is -2.07. The van der Waals surface area contributed by atoms with Crippen LogP contribution >= 0.6 is 15.9 Å². The van der Waals surface area contributed by atoms with E-state index in [2.05, 4.69) is 15.9 Å². The molecular weight excluding hydrogens is 284 g/mol. The molecule has 0 aliphatic carbocycles. The third kappa shape index (κ3) is 5.22. The second-order valence-corrected chi connectivity index (χ2v) is 4.06. The summed E-state index contributed by atoms with van der Waals surface area (Å²) in [4.78, 5) is 11.1. The summed E-state index contributed by atoms with van der Waals surface area (Å²) < 4.78 is 10.5. The molecule has 0 N–H and O–H groups in total. The predicted molar refractivity (Wildman–Crippen MR) is 70.4 cm³/mol. The molecule has 1 rings (SSSR count). The van der Waals surface area contributed by atoms with Crippen molar-refractivity contribution in [2.45, 2.75) is 25.1 Å². The van der Waals surface area contributed by atoms with Crippen LogP contribution in [0.3, 0.4) is 0 Å². The van der Waals surface area contributed by atoms with E-state index in [9.17, 15) is 4.79 Å². The van der Waals surface area contributed by atoms with Gasteiger partial charge in [0.2, 0.25) is 0 Å². The second-order valence-electron chi connectivity index (χ2n) is 3.50. The van der Waals surface area contributed by atoms with Crippen molar-refractivity contribution in [2.24, 2.45) is 0 Å². The van der Waals surface area contributed by atoms with E-state index in [1.54, 1.807) is 6.92 Å². The highest BCUT2D eigenvalue weighted by atomic mass is 79.9. The van der Waals surface area contributed by atoms with Gasteiger partial charge in [-0.2, -0.15) is 0 Å². The zero-order chi connectivity index (χ0) is 12.5. The first kappa shape index (κ1) is 14.0. The predicted octanol–water partition coefficient (Wildman–Crippen LogP) is 3.30. The molecule has 17 heavy (non-hydrogen) atoms. The van der Waals surface area contributed by atoms with Crippen molar-refractivity contribution in [3.63, 3.8) is 0 Å². The summed E-state index contributed by atoms with van der Waals surface area (Å²) in [6, 6.07) is 7.85. The molecule has 1 aromatic carbocycles. The molecule has 94 valence electrons. The second kappa shape index (κ2) is 8.12. The molecule has 0 fully saturated rings. The van der Waals surface area contributed by atoms with Crippen molar-refractivity contribution in [1.29, 1.82) is 0 Å². The lowest BCUT2D eigenvalue weighted by Gasteiger charge is -2.09. The van der Waals surface area contributed by atoms with Crippen LogP contribution in [0.25, 0.3) is 0 Å². The summed E-state index contributed by atoms with van der Waals surface area (Å²) in [5.74, 6) is 0.707. The van der Waals surface area contributed by atoms with E-state index < -0.39 is 0 Å². The zero-order valence-electron chi connectivity index (χ0n) is 9.95. The van der Waals surface area contributed by atoms with Gasteiger partial charge >= 0.3 is 5.97 Å². The van der Waals surface area contributed by atoms with Crippen LogP contribution in [0.15, 0.2) is 24.3 Å². The number of hydrogen-bond acceptors (Lipinski definition) is 3. The maximum atomic E-state index is 11.1. The molecule has 4 heteroatoms. The monoisotopic (exact) mass is 300 g/mol. The molecule has 0 amide bonds. The molecule has 0 spiro atoms. The van der Waals surface area contributed by atoms with Crippen molar-refractivity contribution in [2.75, 3.05) is 13.2 Å². The van der Waals surface area contributed by atoms with Crippen LogP contribution in [0, 0.1) is 0 Å². The van der Waals surface area contributed by atoms with Gasteiger partial charge in [0.25, 0.3) is 0 Å². The smallest absolute Gasteiger partial charge is 0.305 e. The normalized spacial score (nSPS) is 10.0. The van der Waals surface area contributed by atoms with Crippen molar-refractivity contribution >= 4 is 21.9 Å². The SMILES string of the molecule is CCOC(=O)CCCOc1ccccc1CBr. The molecule has 3 nitrogen and oxygen atoms in total. The van der Waals surface area contributed by atoms with E-state index in [-0.39, 0.29) is 5.97 Å². The number of rotatable bonds is 7. The highest BCUT2D eigenvalue weighted by Gasteiger charge is 2.03. The van der Waals surface area contributed by atoms with Gasteiger partial charge in [0.15, 0.2) is 0 Å². The van der Waals surface area contributed by atoms with E-state index in [1.165, 1.54) is 0 Å². The summed E-state index contributed by atoms with van der Waals surface area (Å²) in [5, 5.41) is 0.765. The minimum atomic E-state index is -0.162. The van der Waals surface area contributed by atoms with Gasteiger partial charge in [0.05, 0.1) is 13.2 Å². The molecule has 0 aliphatic rings. The molecule has 1 aromatic rings. The van der Waals surface area contributed by atoms with Gasteiger partial charge in [-0.25, -0.2) is 0 Å². The first-order valence-electron chi connectivity index (χ1n) is 5.70. The summed E-state index contributed by atoms with van der Waals surface area (Å²) in [7, 11) is 0. The van der Waals surface area contributed by atoms with E-state index >= 15 is 0 Å². The third-order valence-corrected chi connectivity index (χ3v) is 2.81. The molecule has 0 saturated carbocycles. The number of carbonyl (C=O) groups excluding carboxylic acids is 1. The fraction of sp³-hybridized carbons (Fsp3) is 0.462. The molecule has 0 heterocycles. The van der Waals surface area contributed by atoms with Gasteiger partial charge in [-0.15, -0.1) is 0 Å². The first-order valence-corrected chi connectivity index (χ1v) is 6.82. The molecule has 0 radical (unpaired) electrons. The Kier molecular flexibility index (Phi) is 6.70. The Hall–Kier alpha value is -1.03. The minimum absolute atomic E-state index is 0.162. The van der Waals surface area contributed by atoms with Gasteiger partial charge < -0.3 is 9.47 Å². The number of halogens is 1. The lowest BCUT2D eigenvalue weighted by molar-refractivity contribution is -0.143. The van der Waals surface area contributed by atoms with Crippen molar-refractivity contribution < 1.29 is 14.3 Å². The Balaban J connectivity index is 2.28. The standard InChI is InChI=1S/C13H17BrO3/c1-2-16-13(15)8-5-9-17-12-7-4-3-6-11(12)10-14/h3-4,6-7H,2,5,8-10H2,1H3. The number of alkyl halides is 1. The van der Waals surface area contributed by atoms with Crippen LogP contribution in [-0.2, 0) is 14.9 Å². The summed E-state index contributed by atoms with van der Waals surface area (Å²) in [6.45, 7) is 2.77. The highest BCUT2D eigenvalue weighted by molar-refractivity contribution is 9.08. The van der Waals surface area contributed by atoms with Gasteiger partial charge in [-0.1, -0.05) is 34.1 Å². The summed E-state index contributed by atoms with van der Waals surface area (Å²) in [5.41, 5.74) is 1.11. The summed E-state index contributed by atoms with van der Waals surface area (Å²) >= 11 is 3.41. The minimum Gasteiger partial charge on any atom is -0.493 e. The lowest BCUT2D eigenvalue weighted by atomic mass is 10.2. The van der Waals surface area contributed by atoms with Gasteiger partial charge in [0, 0.05) is 17.3 Å². The number of ether oxygens (including phenoxy) is 2. The largest absolute Gasteiger partial charge is 0.493 e. The molecular formula is C13H17BrO3. The summed E-state index contributed by atoms with van der Waals surface area (Å²) in [6.07, 6.45) is 1.08. The number of carbonyl (C=O) groups is 1. The number of benzene rings is 1. The average Bonchev–Trinajstić information content (AvgIpc) is 2.35. The Bertz CT molecular complexity index is 352. The molecule has 0 aliphatic heterocycles. The van der Waals surface area contributed by atoms with Crippen molar-refractivity contribution in [3.8, 4) is 5.75 Å². The molecule has 0 aromatic heterocycles. The van der Waals surface area contributed by atoms with Crippen LogP contribution in [0.1, 0.15) is 25.3 Å². The Morgan fingerprint density at radius 2 is 2.12 bits per heavy atom. The zero-order valence-corrected chi connectivity index (χ0v) is 11.5. The van der Waals surface area contributed by atoms with Crippen LogP contribution in [-0.4, -0.2) is 19.2 Å². The number of para-hydroxylation sites is 1. The Morgan fingerprint density at radius 3 is 2.82 bits per heavy atom. The molecule has 0 bridgehead atoms. The van der Waals surface area contributed by atoms with Crippen LogP contribution in [0.2, 0.25) is 0 Å². The number of hydrogen-bond donors (Lipinski definition) is 0. The van der Waals surface area contributed by atoms with E-state index in [0.29, 0.717) is 26.1 Å². The fourth-order valence-electron chi connectivity index (χ4n) is 1.39. The Morgan fingerprint density at radius 1 is 1.35 bits per heavy atom. The van der Waals surface area contributed by atoms with Gasteiger partial charge in [-0.3, -0.25) is 4.79 Å². The first-order chi connectivity index (χ1) is 8.27. The fourth-order valence-corrected chi connectivity index (χ4v) is 1.85. The van der Waals surface area contributed by atoms with Crippen LogP contribution in [0.5, 0.6) is 5.75 Å². The van der Waals surface area contributed by atoms with Crippen molar-refractivity contribution in [1.82, 2.24) is 0 Å². The quantitative estimate of drug-likeness (QED) is 0.440. The van der Waals surface area contributed by atoms with Crippen LogP contribution in [0.4, 0.5) is 0 Å². The highest BCUT2D eigenvalue weighted by Crippen LogP contribution is 2.20. The van der Waals surface area contributed by atoms with Gasteiger partial charge in [-0.05, 0) is 19.4 Å². The van der Waals surface area contributed by atoms with Gasteiger partial charge in [0.1, 0.15) is 5.75 Å². The van der Waals surface area contributed by atoms with E-state index in [1.807, 2.05) is 24.3 Å². The van der Waals surface area contributed by atoms with E-state index in [4.69, 9.17) is 9.47 Å². The average molecular weight is 301 g/mol. The maximum Gasteiger partial charge on any atom is 0.305 e. The van der Waals surface area contributed by atoms with Crippen LogP contribution < -0.4 is 4.74 Å².